The van der Waals surface area contributed by atoms with E-state index in [-0.39, 0.29) is 24.3 Å². The Labute approximate surface area is 195 Å². The Morgan fingerprint density at radius 2 is 1.76 bits per heavy atom. The highest BCUT2D eigenvalue weighted by Gasteiger charge is 2.22. The molecular formula is C26H32N4O3. The van der Waals surface area contributed by atoms with E-state index < -0.39 is 0 Å². The van der Waals surface area contributed by atoms with Crippen LogP contribution < -0.4 is 10.1 Å². The van der Waals surface area contributed by atoms with E-state index in [1.165, 1.54) is 0 Å². The number of nitrogens with one attached hydrogen (secondary N) is 1. The molecular weight excluding hydrogens is 416 g/mol. The molecule has 33 heavy (non-hydrogen) atoms. The van der Waals surface area contributed by atoms with Gasteiger partial charge in [0.15, 0.2) is 0 Å². The van der Waals surface area contributed by atoms with Crippen molar-refractivity contribution in [3.63, 3.8) is 0 Å². The molecule has 2 amide bonds. The number of nitrogens with zero attached hydrogens (tertiary/aromatic N) is 3. The Kier molecular flexibility index (Phi) is 7.87. The van der Waals surface area contributed by atoms with Gasteiger partial charge in [-0.2, -0.15) is 5.10 Å². The number of anilines is 1. The number of ether oxygens (including phenoxy) is 1. The highest BCUT2D eigenvalue weighted by molar-refractivity contribution is 5.98. The minimum absolute atomic E-state index is 0.00801. The zero-order valence-corrected chi connectivity index (χ0v) is 20.0. The van der Waals surface area contributed by atoms with Gasteiger partial charge in [-0.1, -0.05) is 51.1 Å². The van der Waals surface area contributed by atoms with Crippen molar-refractivity contribution in [3.05, 3.63) is 60.3 Å². The maximum absolute atomic E-state index is 13.1. The van der Waals surface area contributed by atoms with Gasteiger partial charge in [0.25, 0.3) is 0 Å². The standard InChI is InChI=1S/C26H32N4O3/c1-6-24(32)29(16-18(2)3)17-23(31)27-26-25(20-10-8-7-9-11-20)19(4)28-30(26)21-12-14-22(33-5)15-13-21/h7-15,18H,6,16-17H2,1-5H3,(H,27,31). The second kappa shape index (κ2) is 10.8. The number of rotatable bonds is 9. The molecule has 3 rings (SSSR count). The first-order valence-electron chi connectivity index (χ1n) is 11.2. The van der Waals surface area contributed by atoms with E-state index in [0.29, 0.717) is 18.8 Å². The summed E-state index contributed by atoms with van der Waals surface area (Å²) in [5, 5.41) is 7.77. The minimum Gasteiger partial charge on any atom is -0.497 e. The van der Waals surface area contributed by atoms with Crippen LogP contribution in [-0.4, -0.2) is 46.7 Å². The monoisotopic (exact) mass is 448 g/mol. The van der Waals surface area contributed by atoms with Gasteiger partial charge < -0.3 is 15.0 Å². The zero-order valence-electron chi connectivity index (χ0n) is 20.0. The first kappa shape index (κ1) is 24.0. The smallest absolute Gasteiger partial charge is 0.245 e. The third-order valence-corrected chi connectivity index (χ3v) is 5.27. The highest BCUT2D eigenvalue weighted by atomic mass is 16.5. The summed E-state index contributed by atoms with van der Waals surface area (Å²) >= 11 is 0. The third-order valence-electron chi connectivity index (χ3n) is 5.27. The van der Waals surface area contributed by atoms with Crippen LogP contribution in [0.1, 0.15) is 32.9 Å². The van der Waals surface area contributed by atoms with Crippen molar-refractivity contribution in [3.8, 4) is 22.6 Å². The lowest BCUT2D eigenvalue weighted by molar-refractivity contribution is -0.134. The van der Waals surface area contributed by atoms with Crippen molar-refractivity contribution < 1.29 is 14.3 Å². The normalized spacial score (nSPS) is 10.8. The molecule has 0 saturated heterocycles. The molecule has 1 heterocycles. The number of carbonyl (C=O) groups excluding carboxylic acids is 2. The fourth-order valence-corrected chi connectivity index (χ4v) is 3.77. The molecule has 0 aliphatic carbocycles. The summed E-state index contributed by atoms with van der Waals surface area (Å²) in [4.78, 5) is 27.1. The van der Waals surface area contributed by atoms with E-state index in [0.717, 1.165) is 28.3 Å². The number of amides is 2. The van der Waals surface area contributed by atoms with Crippen LogP contribution in [-0.2, 0) is 9.59 Å². The molecule has 2 aromatic carbocycles. The summed E-state index contributed by atoms with van der Waals surface area (Å²) in [6.07, 6.45) is 0.359. The Balaban J connectivity index is 2.00. The van der Waals surface area contributed by atoms with Gasteiger partial charge in [-0.15, -0.1) is 0 Å². The third kappa shape index (κ3) is 5.80. The van der Waals surface area contributed by atoms with Crippen molar-refractivity contribution in [1.29, 1.82) is 0 Å². The second-order valence-corrected chi connectivity index (χ2v) is 8.35. The van der Waals surface area contributed by atoms with Crippen LogP contribution in [0.3, 0.4) is 0 Å². The summed E-state index contributed by atoms with van der Waals surface area (Å²) in [7, 11) is 1.62. The van der Waals surface area contributed by atoms with E-state index in [1.54, 1.807) is 16.7 Å². The lowest BCUT2D eigenvalue weighted by Gasteiger charge is -2.24. The van der Waals surface area contributed by atoms with Crippen molar-refractivity contribution in [1.82, 2.24) is 14.7 Å². The summed E-state index contributed by atoms with van der Waals surface area (Å²) in [5.74, 6) is 1.27. The molecule has 0 fully saturated rings. The zero-order chi connectivity index (χ0) is 24.0. The lowest BCUT2D eigenvalue weighted by atomic mass is 10.1. The number of hydrogen-bond acceptors (Lipinski definition) is 4. The van der Waals surface area contributed by atoms with Crippen molar-refractivity contribution in [2.24, 2.45) is 5.92 Å². The number of methoxy groups -OCH3 is 1. The fraction of sp³-hybridized carbons (Fsp3) is 0.346. The molecule has 0 saturated carbocycles. The average Bonchev–Trinajstić information content (AvgIpc) is 3.13. The molecule has 0 radical (unpaired) electrons. The quantitative estimate of drug-likeness (QED) is 0.515. The predicted octanol–water partition coefficient (Wildman–Crippen LogP) is 4.69. The number of aryl methyl sites for hydroxylation is 1. The van der Waals surface area contributed by atoms with Crippen LogP contribution in [0.4, 0.5) is 5.82 Å². The van der Waals surface area contributed by atoms with Gasteiger partial charge in [0.05, 0.1) is 25.0 Å². The highest BCUT2D eigenvalue weighted by Crippen LogP contribution is 2.33. The largest absolute Gasteiger partial charge is 0.497 e. The van der Waals surface area contributed by atoms with Gasteiger partial charge in [-0.25, -0.2) is 4.68 Å². The Bertz CT molecular complexity index is 1090. The predicted molar refractivity (Wildman–Crippen MR) is 131 cm³/mol. The van der Waals surface area contributed by atoms with Gasteiger partial charge in [0, 0.05) is 18.5 Å². The van der Waals surface area contributed by atoms with E-state index in [9.17, 15) is 9.59 Å². The topological polar surface area (TPSA) is 76.5 Å². The van der Waals surface area contributed by atoms with Gasteiger partial charge >= 0.3 is 0 Å². The molecule has 3 aromatic rings. The summed E-state index contributed by atoms with van der Waals surface area (Å²) < 4.78 is 7.00. The summed E-state index contributed by atoms with van der Waals surface area (Å²) in [6, 6.07) is 17.3. The van der Waals surface area contributed by atoms with Gasteiger partial charge in [0.1, 0.15) is 11.6 Å². The van der Waals surface area contributed by atoms with Crippen LogP contribution in [0, 0.1) is 12.8 Å². The Morgan fingerprint density at radius 3 is 2.33 bits per heavy atom. The molecule has 0 unspecified atom stereocenters. The summed E-state index contributed by atoms with van der Waals surface area (Å²) in [5.41, 5.74) is 3.38. The molecule has 0 aliphatic rings. The lowest BCUT2D eigenvalue weighted by Crippen LogP contribution is -2.40. The molecule has 0 bridgehead atoms. The van der Waals surface area contributed by atoms with Crippen molar-refractivity contribution >= 4 is 17.6 Å². The Hall–Kier alpha value is -3.61. The number of aromatic nitrogens is 2. The SMILES string of the molecule is CCC(=O)N(CC(=O)Nc1c(-c2ccccc2)c(C)nn1-c1ccc(OC)cc1)CC(C)C. The van der Waals surface area contributed by atoms with Crippen LogP contribution in [0.25, 0.3) is 16.8 Å². The molecule has 0 atom stereocenters. The maximum atomic E-state index is 13.1. The number of hydrogen-bond donors (Lipinski definition) is 1. The van der Waals surface area contributed by atoms with E-state index in [4.69, 9.17) is 9.84 Å². The van der Waals surface area contributed by atoms with Crippen molar-refractivity contribution in [2.45, 2.75) is 34.1 Å². The molecule has 7 nitrogen and oxygen atoms in total. The van der Waals surface area contributed by atoms with E-state index in [1.807, 2.05) is 82.3 Å². The number of carbonyl (C=O) groups is 2. The molecule has 174 valence electrons. The molecule has 1 aromatic heterocycles. The average molecular weight is 449 g/mol. The molecule has 1 N–H and O–H groups in total. The molecule has 0 aliphatic heterocycles. The number of benzene rings is 2. The van der Waals surface area contributed by atoms with Crippen molar-refractivity contribution in [2.75, 3.05) is 25.5 Å². The first-order valence-corrected chi connectivity index (χ1v) is 11.2. The van der Waals surface area contributed by atoms with E-state index in [2.05, 4.69) is 5.32 Å². The van der Waals surface area contributed by atoms with E-state index >= 15 is 0 Å². The van der Waals surface area contributed by atoms with Crippen LogP contribution in [0.5, 0.6) is 5.75 Å². The fourth-order valence-electron chi connectivity index (χ4n) is 3.77. The van der Waals surface area contributed by atoms with Gasteiger partial charge in [-0.05, 0) is 42.7 Å². The molecule has 0 spiro atoms. The summed E-state index contributed by atoms with van der Waals surface area (Å²) in [6.45, 7) is 8.31. The second-order valence-electron chi connectivity index (χ2n) is 8.35. The van der Waals surface area contributed by atoms with Crippen LogP contribution >= 0.6 is 0 Å². The minimum atomic E-state index is -0.260. The molecule has 7 heteroatoms. The van der Waals surface area contributed by atoms with Crippen LogP contribution in [0.2, 0.25) is 0 Å². The Morgan fingerprint density at radius 1 is 1.09 bits per heavy atom. The van der Waals surface area contributed by atoms with Crippen LogP contribution in [0.15, 0.2) is 54.6 Å². The van der Waals surface area contributed by atoms with Gasteiger partial charge in [0.2, 0.25) is 11.8 Å². The maximum Gasteiger partial charge on any atom is 0.245 e. The van der Waals surface area contributed by atoms with Gasteiger partial charge in [-0.3, -0.25) is 9.59 Å². The first-order chi connectivity index (χ1) is 15.8.